The molecule has 3 aliphatic rings. The normalized spacial score (nSPS) is 20.4. The number of hydrogen-bond acceptors (Lipinski definition) is 5. The monoisotopic (exact) mass is 497 g/mol. The predicted molar refractivity (Wildman–Crippen MR) is 147 cm³/mol. The number of Topliss-reactive ketones (excluding diaryl/α,β-unsaturated/α-hetero) is 1. The molecule has 3 heterocycles. The van der Waals surface area contributed by atoms with Crippen molar-refractivity contribution in [2.45, 2.75) is 58.0 Å². The summed E-state index contributed by atoms with van der Waals surface area (Å²) in [6.07, 6.45) is 4.30. The maximum Gasteiger partial charge on any atom is 0.251 e. The number of nitrogens with zero attached hydrogens (tertiary/aromatic N) is 1. The smallest absolute Gasteiger partial charge is 0.251 e. The topological polar surface area (TPSA) is 74.4 Å². The number of pyridine rings is 1. The molecule has 37 heavy (non-hydrogen) atoms. The van der Waals surface area contributed by atoms with Crippen LogP contribution in [-0.2, 0) is 6.42 Å². The summed E-state index contributed by atoms with van der Waals surface area (Å²) >= 11 is 0. The molecule has 1 aliphatic carbocycles. The Morgan fingerprint density at radius 1 is 1.05 bits per heavy atom. The second-order valence-corrected chi connectivity index (χ2v) is 10.8. The summed E-state index contributed by atoms with van der Waals surface area (Å²) in [6, 6.07) is 14.7. The van der Waals surface area contributed by atoms with E-state index < -0.39 is 0 Å². The van der Waals surface area contributed by atoms with E-state index in [1.165, 1.54) is 11.3 Å². The SMILES string of the molecule is Cc1cc(C)c(CCC(=O)c2cc(-c3ccc(N4CCNCC4)cc3)c3c(c2)[C@@H]2CCC[C@@H]2O3)c(=O)[nH]1. The highest BCUT2D eigenvalue weighted by atomic mass is 16.5. The molecule has 1 saturated heterocycles. The first kappa shape index (κ1) is 24.0. The van der Waals surface area contributed by atoms with E-state index in [-0.39, 0.29) is 17.4 Å². The van der Waals surface area contributed by atoms with Crippen LogP contribution in [-0.4, -0.2) is 43.1 Å². The molecule has 6 heteroatoms. The van der Waals surface area contributed by atoms with E-state index in [4.69, 9.17) is 4.74 Å². The molecule has 2 fully saturated rings. The van der Waals surface area contributed by atoms with Crippen molar-refractivity contribution in [3.8, 4) is 16.9 Å². The number of benzene rings is 2. The van der Waals surface area contributed by atoms with E-state index >= 15 is 0 Å². The summed E-state index contributed by atoms with van der Waals surface area (Å²) < 4.78 is 6.49. The number of hydrogen-bond donors (Lipinski definition) is 2. The second-order valence-electron chi connectivity index (χ2n) is 10.8. The summed E-state index contributed by atoms with van der Waals surface area (Å²) in [5, 5.41) is 3.41. The average molecular weight is 498 g/mol. The van der Waals surface area contributed by atoms with Gasteiger partial charge < -0.3 is 19.9 Å². The van der Waals surface area contributed by atoms with Gasteiger partial charge in [-0.3, -0.25) is 9.59 Å². The number of ether oxygens (including phenoxy) is 1. The highest BCUT2D eigenvalue weighted by Gasteiger charge is 2.40. The van der Waals surface area contributed by atoms with Crippen LogP contribution in [0.25, 0.3) is 11.1 Å². The van der Waals surface area contributed by atoms with Gasteiger partial charge in [-0.05, 0) is 81.0 Å². The van der Waals surface area contributed by atoms with Gasteiger partial charge in [0, 0.05) is 72.2 Å². The standard InChI is InChI=1S/C31H35N3O3/c1-19-16-20(2)33-31(36)24(19)10-11-28(35)22-17-26(30-27(18-22)25-4-3-5-29(25)37-30)21-6-8-23(9-7-21)34-14-12-32-13-15-34/h6-9,16-18,25,29,32H,3-5,10-15H2,1-2H3,(H,33,36)/t25-,29-/m0/s1. The highest BCUT2D eigenvalue weighted by Crippen LogP contribution is 2.51. The molecule has 2 aliphatic heterocycles. The van der Waals surface area contributed by atoms with Crippen LogP contribution in [0.1, 0.15) is 64.3 Å². The molecule has 0 radical (unpaired) electrons. The van der Waals surface area contributed by atoms with Crippen molar-refractivity contribution in [3.05, 3.63) is 80.8 Å². The number of carbonyl (C=O) groups is 1. The van der Waals surface area contributed by atoms with E-state index in [0.717, 1.165) is 79.1 Å². The van der Waals surface area contributed by atoms with E-state index in [1.807, 2.05) is 26.0 Å². The van der Waals surface area contributed by atoms with Crippen molar-refractivity contribution in [2.75, 3.05) is 31.1 Å². The minimum absolute atomic E-state index is 0.0716. The lowest BCUT2D eigenvalue weighted by molar-refractivity contribution is 0.0982. The third-order valence-corrected chi connectivity index (χ3v) is 8.32. The summed E-state index contributed by atoms with van der Waals surface area (Å²) in [7, 11) is 0. The Morgan fingerprint density at radius 2 is 1.84 bits per heavy atom. The van der Waals surface area contributed by atoms with Crippen LogP contribution in [0.3, 0.4) is 0 Å². The molecule has 2 aromatic carbocycles. The first-order chi connectivity index (χ1) is 18.0. The molecule has 0 spiro atoms. The Labute approximate surface area is 218 Å². The van der Waals surface area contributed by atoms with Gasteiger partial charge in [0.2, 0.25) is 0 Å². The maximum atomic E-state index is 13.5. The van der Waals surface area contributed by atoms with Gasteiger partial charge in [-0.1, -0.05) is 12.1 Å². The van der Waals surface area contributed by atoms with Gasteiger partial charge in [0.05, 0.1) is 0 Å². The number of aromatic nitrogens is 1. The molecule has 2 N–H and O–H groups in total. The van der Waals surface area contributed by atoms with Crippen LogP contribution in [0.4, 0.5) is 5.69 Å². The zero-order valence-electron chi connectivity index (χ0n) is 21.7. The lowest BCUT2D eigenvalue weighted by atomic mass is 9.89. The average Bonchev–Trinajstić information content (AvgIpc) is 3.50. The van der Waals surface area contributed by atoms with Gasteiger partial charge in [0.25, 0.3) is 5.56 Å². The molecule has 192 valence electrons. The van der Waals surface area contributed by atoms with Crippen molar-refractivity contribution in [1.29, 1.82) is 0 Å². The number of carbonyl (C=O) groups excluding carboxylic acids is 1. The van der Waals surface area contributed by atoms with Crippen LogP contribution in [0, 0.1) is 13.8 Å². The number of anilines is 1. The van der Waals surface area contributed by atoms with E-state index in [0.29, 0.717) is 24.3 Å². The molecule has 0 amide bonds. The summed E-state index contributed by atoms with van der Waals surface area (Å²) in [5.74, 6) is 1.39. The molecule has 1 aromatic heterocycles. The Balaban J connectivity index is 1.31. The zero-order chi connectivity index (χ0) is 25.5. The Morgan fingerprint density at radius 3 is 2.59 bits per heavy atom. The van der Waals surface area contributed by atoms with Gasteiger partial charge >= 0.3 is 0 Å². The van der Waals surface area contributed by atoms with Gasteiger partial charge in [-0.25, -0.2) is 0 Å². The third kappa shape index (κ3) is 4.59. The molecular formula is C31H35N3O3. The zero-order valence-corrected chi connectivity index (χ0v) is 21.7. The van der Waals surface area contributed by atoms with Crippen molar-refractivity contribution in [3.63, 3.8) is 0 Å². The van der Waals surface area contributed by atoms with Crippen molar-refractivity contribution < 1.29 is 9.53 Å². The van der Waals surface area contributed by atoms with Gasteiger partial charge in [-0.2, -0.15) is 0 Å². The molecule has 6 rings (SSSR count). The van der Waals surface area contributed by atoms with E-state index in [2.05, 4.69) is 45.5 Å². The number of aromatic amines is 1. The first-order valence-electron chi connectivity index (χ1n) is 13.6. The van der Waals surface area contributed by atoms with E-state index in [1.54, 1.807) is 0 Å². The Kier molecular flexibility index (Phi) is 6.37. The molecule has 6 nitrogen and oxygen atoms in total. The fraction of sp³-hybridized carbons (Fsp3) is 0.419. The second kappa shape index (κ2) is 9.82. The number of piperazine rings is 1. The van der Waals surface area contributed by atoms with Crippen molar-refractivity contribution in [2.24, 2.45) is 0 Å². The van der Waals surface area contributed by atoms with Crippen LogP contribution in [0.15, 0.2) is 47.3 Å². The van der Waals surface area contributed by atoms with Gasteiger partial charge in [0.15, 0.2) is 5.78 Å². The van der Waals surface area contributed by atoms with Gasteiger partial charge in [-0.15, -0.1) is 0 Å². The Hall–Kier alpha value is -3.38. The van der Waals surface area contributed by atoms with Crippen LogP contribution < -0.4 is 20.5 Å². The fourth-order valence-electron chi connectivity index (χ4n) is 6.36. The number of fused-ring (bicyclic) bond motifs is 3. The molecule has 3 aromatic rings. The third-order valence-electron chi connectivity index (χ3n) is 8.32. The Bertz CT molecular complexity index is 1390. The van der Waals surface area contributed by atoms with Crippen LogP contribution in [0.5, 0.6) is 5.75 Å². The first-order valence-corrected chi connectivity index (χ1v) is 13.6. The van der Waals surface area contributed by atoms with Crippen molar-refractivity contribution in [1.82, 2.24) is 10.3 Å². The van der Waals surface area contributed by atoms with E-state index in [9.17, 15) is 9.59 Å². The minimum atomic E-state index is -0.0910. The fourth-order valence-corrected chi connectivity index (χ4v) is 6.36. The quantitative estimate of drug-likeness (QED) is 0.473. The van der Waals surface area contributed by atoms with Crippen LogP contribution >= 0.6 is 0 Å². The maximum absolute atomic E-state index is 13.5. The lowest BCUT2D eigenvalue weighted by Gasteiger charge is -2.29. The molecule has 0 unspecified atom stereocenters. The number of rotatable bonds is 6. The molecular weight excluding hydrogens is 462 g/mol. The number of H-pyrrole nitrogens is 1. The summed E-state index contributed by atoms with van der Waals surface area (Å²) in [6.45, 7) is 7.85. The highest BCUT2D eigenvalue weighted by molar-refractivity contribution is 5.98. The number of nitrogens with one attached hydrogen (secondary N) is 2. The minimum Gasteiger partial charge on any atom is -0.489 e. The lowest BCUT2D eigenvalue weighted by Crippen LogP contribution is -2.43. The molecule has 0 bridgehead atoms. The van der Waals surface area contributed by atoms with Crippen molar-refractivity contribution >= 4 is 11.5 Å². The number of ketones is 1. The summed E-state index contributed by atoms with van der Waals surface area (Å²) in [4.78, 5) is 31.2. The van der Waals surface area contributed by atoms with Crippen LogP contribution in [0.2, 0.25) is 0 Å². The largest absolute Gasteiger partial charge is 0.489 e. The van der Waals surface area contributed by atoms with Gasteiger partial charge in [0.1, 0.15) is 11.9 Å². The summed E-state index contributed by atoms with van der Waals surface area (Å²) in [5.41, 5.74) is 7.60. The molecule has 1 saturated carbocycles. The predicted octanol–water partition coefficient (Wildman–Crippen LogP) is 4.91. The number of aryl methyl sites for hydroxylation is 2. The molecule has 2 atom stereocenters.